The van der Waals surface area contributed by atoms with Crippen LogP contribution in [-0.2, 0) is 29.0 Å². The third-order valence-corrected chi connectivity index (χ3v) is 5.95. The van der Waals surface area contributed by atoms with Crippen molar-refractivity contribution in [3.05, 3.63) is 106 Å². The Morgan fingerprint density at radius 1 is 0.824 bits per heavy atom. The van der Waals surface area contributed by atoms with E-state index in [9.17, 15) is 9.59 Å². The highest BCUT2D eigenvalue weighted by atomic mass is 35.5. The van der Waals surface area contributed by atoms with Crippen LogP contribution < -0.4 is 5.32 Å². The highest BCUT2D eigenvalue weighted by molar-refractivity contribution is 6.30. The average molecular weight is 497 g/mol. The van der Waals surface area contributed by atoms with Crippen LogP contribution in [0.15, 0.2) is 78.9 Å². The monoisotopic (exact) mass is 496 g/mol. The Kier molecular flexibility index (Phi) is 9.55. The molecular formula is C28H30Cl2N2O2. The zero-order valence-corrected chi connectivity index (χ0v) is 21.0. The van der Waals surface area contributed by atoms with E-state index >= 15 is 0 Å². The molecule has 0 saturated carbocycles. The Labute approximate surface area is 211 Å². The molecule has 0 spiro atoms. The second-order valence-corrected chi connectivity index (χ2v) is 9.67. The molecule has 6 heteroatoms. The number of hydrogen-bond acceptors (Lipinski definition) is 2. The van der Waals surface area contributed by atoms with Crippen molar-refractivity contribution in [3.8, 4) is 0 Å². The van der Waals surface area contributed by atoms with Gasteiger partial charge in [0.25, 0.3) is 0 Å². The number of nitrogens with zero attached hydrogens (tertiary/aromatic N) is 1. The van der Waals surface area contributed by atoms with E-state index in [1.807, 2.05) is 68.4 Å². The highest BCUT2D eigenvalue weighted by Crippen LogP contribution is 2.19. The summed E-state index contributed by atoms with van der Waals surface area (Å²) in [5, 5.41) is 4.23. The van der Waals surface area contributed by atoms with E-state index in [1.54, 1.807) is 29.2 Å². The standard InChI is InChI=1S/C28H30Cl2N2O2/c1-20(2)18-31-28(34)26(16-21-7-4-3-5-8-21)32(19-22-11-13-24(29)14-12-22)27(33)17-23-9-6-10-25(30)15-23/h3-15,20,26H,16-19H2,1-2H3,(H,31,34)/t26-/m0/s1. The van der Waals surface area contributed by atoms with E-state index in [4.69, 9.17) is 23.2 Å². The molecule has 0 unspecified atom stereocenters. The number of benzene rings is 3. The summed E-state index contributed by atoms with van der Waals surface area (Å²) in [4.78, 5) is 28.7. The van der Waals surface area contributed by atoms with Gasteiger partial charge in [0.2, 0.25) is 11.8 Å². The van der Waals surface area contributed by atoms with Crippen molar-refractivity contribution in [3.63, 3.8) is 0 Å². The molecule has 1 atom stereocenters. The summed E-state index contributed by atoms with van der Waals surface area (Å²) in [6, 6.07) is 23.7. The van der Waals surface area contributed by atoms with Gasteiger partial charge in [-0.25, -0.2) is 0 Å². The van der Waals surface area contributed by atoms with Crippen LogP contribution in [0.4, 0.5) is 0 Å². The summed E-state index contributed by atoms with van der Waals surface area (Å²) in [5.74, 6) is -0.00277. The fraction of sp³-hybridized carbons (Fsp3) is 0.286. The predicted octanol–water partition coefficient (Wildman–Crippen LogP) is 5.95. The first-order valence-electron chi connectivity index (χ1n) is 11.4. The van der Waals surface area contributed by atoms with Gasteiger partial charge in [0.15, 0.2) is 0 Å². The summed E-state index contributed by atoms with van der Waals surface area (Å²) in [5.41, 5.74) is 2.70. The lowest BCUT2D eigenvalue weighted by Gasteiger charge is -2.32. The molecule has 34 heavy (non-hydrogen) atoms. The molecule has 0 radical (unpaired) electrons. The van der Waals surface area contributed by atoms with Crippen molar-refractivity contribution in [2.45, 2.75) is 39.3 Å². The molecule has 178 valence electrons. The summed E-state index contributed by atoms with van der Waals surface area (Å²) in [6.07, 6.45) is 0.566. The van der Waals surface area contributed by atoms with Crippen LogP contribution in [0, 0.1) is 5.92 Å². The molecule has 0 saturated heterocycles. The van der Waals surface area contributed by atoms with Gasteiger partial charge in [-0.3, -0.25) is 9.59 Å². The minimum Gasteiger partial charge on any atom is -0.354 e. The summed E-state index contributed by atoms with van der Waals surface area (Å²) >= 11 is 12.2. The quantitative estimate of drug-likeness (QED) is 0.377. The van der Waals surface area contributed by atoms with E-state index in [2.05, 4.69) is 5.32 Å². The van der Waals surface area contributed by atoms with E-state index < -0.39 is 6.04 Å². The molecule has 3 aromatic carbocycles. The smallest absolute Gasteiger partial charge is 0.243 e. The lowest BCUT2D eigenvalue weighted by Crippen LogP contribution is -2.51. The largest absolute Gasteiger partial charge is 0.354 e. The molecule has 0 fully saturated rings. The van der Waals surface area contributed by atoms with Gasteiger partial charge in [-0.1, -0.05) is 91.6 Å². The molecule has 0 aliphatic carbocycles. The van der Waals surface area contributed by atoms with Crippen LogP contribution in [0.5, 0.6) is 0 Å². The number of hydrogen-bond donors (Lipinski definition) is 1. The van der Waals surface area contributed by atoms with Crippen molar-refractivity contribution >= 4 is 35.0 Å². The Hall–Kier alpha value is -2.82. The number of carbonyl (C=O) groups is 2. The van der Waals surface area contributed by atoms with Crippen LogP contribution >= 0.6 is 23.2 Å². The molecule has 0 heterocycles. The molecule has 0 aliphatic rings. The third kappa shape index (κ3) is 7.89. The molecule has 2 amide bonds. The molecular weight excluding hydrogens is 467 g/mol. The molecule has 3 rings (SSSR count). The Morgan fingerprint density at radius 2 is 1.50 bits per heavy atom. The Bertz CT molecular complexity index is 1090. The van der Waals surface area contributed by atoms with Gasteiger partial charge in [0.1, 0.15) is 6.04 Å². The lowest BCUT2D eigenvalue weighted by atomic mass is 10.0. The van der Waals surface area contributed by atoms with Crippen LogP contribution in [0.1, 0.15) is 30.5 Å². The second kappa shape index (κ2) is 12.6. The van der Waals surface area contributed by atoms with E-state index in [-0.39, 0.29) is 18.2 Å². The van der Waals surface area contributed by atoms with Gasteiger partial charge >= 0.3 is 0 Å². The topological polar surface area (TPSA) is 49.4 Å². The Balaban J connectivity index is 1.94. The van der Waals surface area contributed by atoms with Crippen molar-refractivity contribution in [1.29, 1.82) is 0 Å². The zero-order valence-electron chi connectivity index (χ0n) is 19.5. The fourth-order valence-electron chi connectivity index (χ4n) is 3.69. The van der Waals surface area contributed by atoms with Crippen LogP contribution in [-0.4, -0.2) is 29.3 Å². The maximum atomic E-state index is 13.6. The van der Waals surface area contributed by atoms with E-state index in [1.165, 1.54) is 0 Å². The molecule has 4 nitrogen and oxygen atoms in total. The molecule has 0 aromatic heterocycles. The first kappa shape index (κ1) is 25.8. The SMILES string of the molecule is CC(C)CNC(=O)[C@H](Cc1ccccc1)N(Cc1ccc(Cl)cc1)C(=O)Cc1cccc(Cl)c1. The minimum atomic E-state index is -0.663. The van der Waals surface area contributed by atoms with Gasteiger partial charge in [0.05, 0.1) is 6.42 Å². The first-order chi connectivity index (χ1) is 16.3. The maximum absolute atomic E-state index is 13.6. The normalized spacial score (nSPS) is 11.8. The van der Waals surface area contributed by atoms with Crippen molar-refractivity contribution < 1.29 is 9.59 Å². The van der Waals surface area contributed by atoms with Crippen molar-refractivity contribution in [2.75, 3.05) is 6.54 Å². The summed E-state index contributed by atoms with van der Waals surface area (Å²) < 4.78 is 0. The third-order valence-electron chi connectivity index (χ3n) is 5.47. The van der Waals surface area contributed by atoms with Gasteiger partial charge in [0, 0.05) is 29.6 Å². The number of halogens is 2. The predicted molar refractivity (Wildman–Crippen MR) is 139 cm³/mol. The van der Waals surface area contributed by atoms with Crippen LogP contribution in [0.3, 0.4) is 0 Å². The first-order valence-corrected chi connectivity index (χ1v) is 12.2. The van der Waals surface area contributed by atoms with E-state index in [0.29, 0.717) is 35.5 Å². The van der Waals surface area contributed by atoms with E-state index in [0.717, 1.165) is 16.7 Å². The molecule has 0 bridgehead atoms. The van der Waals surface area contributed by atoms with Gasteiger partial charge in [-0.15, -0.1) is 0 Å². The summed E-state index contributed by atoms with van der Waals surface area (Å²) in [7, 11) is 0. The van der Waals surface area contributed by atoms with Gasteiger partial charge in [-0.2, -0.15) is 0 Å². The van der Waals surface area contributed by atoms with Crippen molar-refractivity contribution in [2.24, 2.45) is 5.92 Å². The fourth-order valence-corrected chi connectivity index (χ4v) is 4.02. The number of amides is 2. The molecule has 0 aliphatic heterocycles. The molecule has 1 N–H and O–H groups in total. The highest BCUT2D eigenvalue weighted by Gasteiger charge is 2.30. The average Bonchev–Trinajstić information content (AvgIpc) is 2.81. The Morgan fingerprint density at radius 3 is 2.15 bits per heavy atom. The summed E-state index contributed by atoms with van der Waals surface area (Å²) in [6.45, 7) is 4.93. The lowest BCUT2D eigenvalue weighted by molar-refractivity contribution is -0.140. The number of carbonyl (C=O) groups excluding carboxylic acids is 2. The second-order valence-electron chi connectivity index (χ2n) is 8.80. The molecule has 3 aromatic rings. The maximum Gasteiger partial charge on any atom is 0.243 e. The number of rotatable bonds is 10. The zero-order chi connectivity index (χ0) is 24.5. The number of nitrogens with one attached hydrogen (secondary N) is 1. The van der Waals surface area contributed by atoms with Crippen LogP contribution in [0.2, 0.25) is 10.0 Å². The van der Waals surface area contributed by atoms with Crippen LogP contribution in [0.25, 0.3) is 0 Å². The van der Waals surface area contributed by atoms with Crippen molar-refractivity contribution in [1.82, 2.24) is 10.2 Å². The van der Waals surface area contributed by atoms with Gasteiger partial charge < -0.3 is 10.2 Å². The minimum absolute atomic E-state index is 0.141. The van der Waals surface area contributed by atoms with Gasteiger partial charge in [-0.05, 0) is 46.9 Å².